The quantitative estimate of drug-likeness (QED) is 0.642. The highest BCUT2D eigenvalue weighted by Gasteiger charge is 2.14. The second kappa shape index (κ2) is 4.41. The van der Waals surface area contributed by atoms with Crippen LogP contribution in [0.5, 0.6) is 0 Å². The molecule has 4 N–H and O–H groups in total. The molecule has 0 fully saturated rings. The Bertz CT molecular complexity index is 760. The van der Waals surface area contributed by atoms with Crippen molar-refractivity contribution in [2.24, 2.45) is 0 Å². The molecule has 3 aromatic rings. The molecule has 0 aliphatic rings. The third-order valence-electron chi connectivity index (χ3n) is 2.81. The van der Waals surface area contributed by atoms with Crippen LogP contribution in [0.25, 0.3) is 22.4 Å². The summed E-state index contributed by atoms with van der Waals surface area (Å²) in [5.41, 5.74) is 8.75. The van der Waals surface area contributed by atoms with Gasteiger partial charge in [-0.05, 0) is 12.1 Å². The molecule has 3 rings (SSSR count). The Morgan fingerprint density at radius 1 is 1.21 bits per heavy atom. The second-order valence-electron chi connectivity index (χ2n) is 4.04. The molecular formula is C13H11N5O. The second-order valence-corrected chi connectivity index (χ2v) is 4.04. The summed E-state index contributed by atoms with van der Waals surface area (Å²) in [5.74, 6) is 0.378. The first-order chi connectivity index (χ1) is 9.25. The van der Waals surface area contributed by atoms with Gasteiger partial charge in [0.2, 0.25) is 5.56 Å². The number of aromatic amines is 2. The van der Waals surface area contributed by atoms with Crippen molar-refractivity contribution < 1.29 is 0 Å². The van der Waals surface area contributed by atoms with E-state index >= 15 is 0 Å². The maximum Gasteiger partial charge on any atom is 0.248 e. The number of anilines is 1. The summed E-state index contributed by atoms with van der Waals surface area (Å²) in [6.07, 6.45) is 4.98. The van der Waals surface area contributed by atoms with Crippen LogP contribution in [0.4, 0.5) is 5.82 Å². The normalized spacial score (nSPS) is 10.5. The van der Waals surface area contributed by atoms with E-state index in [2.05, 4.69) is 20.2 Å². The highest BCUT2D eigenvalue weighted by atomic mass is 16.1. The van der Waals surface area contributed by atoms with E-state index in [0.29, 0.717) is 11.5 Å². The molecule has 0 radical (unpaired) electrons. The molecule has 0 atom stereocenters. The lowest BCUT2D eigenvalue weighted by atomic mass is 10.0. The van der Waals surface area contributed by atoms with Crippen molar-refractivity contribution in [3.63, 3.8) is 0 Å². The fourth-order valence-electron chi connectivity index (χ4n) is 1.97. The van der Waals surface area contributed by atoms with Crippen LogP contribution >= 0.6 is 0 Å². The molecule has 19 heavy (non-hydrogen) atoms. The minimum Gasteiger partial charge on any atom is -0.382 e. The van der Waals surface area contributed by atoms with Crippen LogP contribution in [0.2, 0.25) is 0 Å². The standard InChI is InChI=1S/C13H11N5O/c14-13-11(9-2-1-4-15-7-9)12(17-18-13)8-3-5-16-10(19)6-8/h1-7H,(H,16,19)(H3,14,17,18). The molecular weight excluding hydrogens is 242 g/mol. The molecule has 0 aromatic carbocycles. The van der Waals surface area contributed by atoms with Crippen molar-refractivity contribution in [2.75, 3.05) is 5.73 Å². The van der Waals surface area contributed by atoms with Gasteiger partial charge in [-0.2, -0.15) is 5.10 Å². The average Bonchev–Trinajstić information content (AvgIpc) is 2.82. The van der Waals surface area contributed by atoms with Crippen LogP contribution in [0.15, 0.2) is 47.7 Å². The topological polar surface area (TPSA) is 100 Å². The Hall–Kier alpha value is -2.89. The summed E-state index contributed by atoms with van der Waals surface area (Å²) in [6.45, 7) is 0. The summed E-state index contributed by atoms with van der Waals surface area (Å²) in [5, 5.41) is 6.87. The molecule has 0 saturated carbocycles. The van der Waals surface area contributed by atoms with E-state index in [9.17, 15) is 4.79 Å². The summed E-state index contributed by atoms with van der Waals surface area (Å²) < 4.78 is 0. The average molecular weight is 253 g/mol. The summed E-state index contributed by atoms with van der Waals surface area (Å²) in [7, 11) is 0. The van der Waals surface area contributed by atoms with E-state index in [-0.39, 0.29) is 5.56 Å². The number of rotatable bonds is 2. The molecule has 0 spiro atoms. The maximum atomic E-state index is 11.4. The largest absolute Gasteiger partial charge is 0.382 e. The minimum atomic E-state index is -0.178. The zero-order valence-electron chi connectivity index (χ0n) is 9.92. The third kappa shape index (κ3) is 1.99. The molecule has 3 heterocycles. The van der Waals surface area contributed by atoms with E-state index in [4.69, 9.17) is 5.73 Å². The lowest BCUT2D eigenvalue weighted by Gasteiger charge is -2.03. The Balaban J connectivity index is 2.22. The molecule has 6 nitrogen and oxygen atoms in total. The number of pyridine rings is 2. The summed E-state index contributed by atoms with van der Waals surface area (Å²) in [6, 6.07) is 7.00. The molecule has 0 bridgehead atoms. The molecule has 0 saturated heterocycles. The van der Waals surface area contributed by atoms with Gasteiger partial charge in [-0.1, -0.05) is 6.07 Å². The van der Waals surface area contributed by atoms with Crippen molar-refractivity contribution in [3.05, 3.63) is 53.2 Å². The van der Waals surface area contributed by atoms with Crippen molar-refractivity contribution in [3.8, 4) is 22.4 Å². The Morgan fingerprint density at radius 3 is 2.84 bits per heavy atom. The Labute approximate surface area is 108 Å². The highest BCUT2D eigenvalue weighted by molar-refractivity contribution is 5.87. The van der Waals surface area contributed by atoms with Gasteiger partial charge >= 0.3 is 0 Å². The number of nitrogens with zero attached hydrogens (tertiary/aromatic N) is 2. The number of nitrogens with one attached hydrogen (secondary N) is 2. The van der Waals surface area contributed by atoms with Crippen molar-refractivity contribution in [2.45, 2.75) is 0 Å². The van der Waals surface area contributed by atoms with E-state index in [1.807, 2.05) is 12.1 Å². The number of aromatic nitrogens is 4. The van der Waals surface area contributed by atoms with Crippen LogP contribution in [-0.4, -0.2) is 20.2 Å². The molecule has 94 valence electrons. The number of hydrogen-bond acceptors (Lipinski definition) is 4. The van der Waals surface area contributed by atoms with Crippen molar-refractivity contribution in [1.82, 2.24) is 20.2 Å². The van der Waals surface area contributed by atoms with E-state index in [0.717, 1.165) is 16.7 Å². The first-order valence-corrected chi connectivity index (χ1v) is 5.69. The molecule has 0 aliphatic heterocycles. The summed E-state index contributed by atoms with van der Waals surface area (Å²) >= 11 is 0. The van der Waals surface area contributed by atoms with Crippen molar-refractivity contribution >= 4 is 5.82 Å². The highest BCUT2D eigenvalue weighted by Crippen LogP contribution is 2.33. The van der Waals surface area contributed by atoms with Gasteiger partial charge in [0, 0.05) is 35.8 Å². The van der Waals surface area contributed by atoms with Crippen LogP contribution in [-0.2, 0) is 0 Å². The van der Waals surface area contributed by atoms with Gasteiger partial charge < -0.3 is 10.7 Å². The maximum absolute atomic E-state index is 11.4. The van der Waals surface area contributed by atoms with Crippen LogP contribution in [0.1, 0.15) is 0 Å². The Kier molecular flexibility index (Phi) is 2.60. The minimum absolute atomic E-state index is 0.178. The molecule has 0 amide bonds. The van der Waals surface area contributed by atoms with Gasteiger partial charge in [-0.3, -0.25) is 14.9 Å². The van der Waals surface area contributed by atoms with Gasteiger partial charge in [0.1, 0.15) is 0 Å². The SMILES string of the molecule is Nc1n[nH]c(-c2cc[nH]c(=O)c2)c1-c1cccnc1. The first kappa shape index (κ1) is 11.2. The van der Waals surface area contributed by atoms with E-state index in [1.54, 1.807) is 24.7 Å². The molecule has 3 aromatic heterocycles. The molecule has 0 unspecified atom stereocenters. The first-order valence-electron chi connectivity index (χ1n) is 5.69. The zero-order valence-corrected chi connectivity index (χ0v) is 9.92. The van der Waals surface area contributed by atoms with Crippen LogP contribution in [0, 0.1) is 0 Å². The summed E-state index contributed by atoms with van der Waals surface area (Å²) in [4.78, 5) is 18.0. The van der Waals surface area contributed by atoms with Gasteiger partial charge in [0.05, 0.1) is 11.3 Å². The van der Waals surface area contributed by atoms with E-state index < -0.39 is 0 Å². The van der Waals surface area contributed by atoms with E-state index in [1.165, 1.54) is 6.07 Å². The fraction of sp³-hybridized carbons (Fsp3) is 0. The predicted octanol–water partition coefficient (Wildman–Crippen LogP) is 1.41. The van der Waals surface area contributed by atoms with Gasteiger partial charge in [0.25, 0.3) is 0 Å². The van der Waals surface area contributed by atoms with Gasteiger partial charge in [-0.15, -0.1) is 0 Å². The van der Waals surface area contributed by atoms with Crippen LogP contribution in [0.3, 0.4) is 0 Å². The number of nitrogens with two attached hydrogens (primary N) is 1. The van der Waals surface area contributed by atoms with Gasteiger partial charge in [0.15, 0.2) is 5.82 Å². The monoisotopic (exact) mass is 253 g/mol. The third-order valence-corrected chi connectivity index (χ3v) is 2.81. The fourth-order valence-corrected chi connectivity index (χ4v) is 1.97. The predicted molar refractivity (Wildman–Crippen MR) is 72.3 cm³/mol. The Morgan fingerprint density at radius 2 is 2.11 bits per heavy atom. The smallest absolute Gasteiger partial charge is 0.248 e. The lowest BCUT2D eigenvalue weighted by molar-refractivity contribution is 1.10. The number of H-pyrrole nitrogens is 2. The van der Waals surface area contributed by atoms with Crippen LogP contribution < -0.4 is 11.3 Å². The molecule has 6 heteroatoms. The number of hydrogen-bond donors (Lipinski definition) is 3. The number of nitrogen functional groups attached to an aromatic ring is 1. The van der Waals surface area contributed by atoms with Gasteiger partial charge in [-0.25, -0.2) is 0 Å². The molecule has 0 aliphatic carbocycles. The lowest BCUT2D eigenvalue weighted by Crippen LogP contribution is -2.02. The van der Waals surface area contributed by atoms with Crippen molar-refractivity contribution in [1.29, 1.82) is 0 Å². The zero-order chi connectivity index (χ0) is 13.2.